The minimum Gasteiger partial charge on any atom is -0.406 e. The van der Waals surface area contributed by atoms with Crippen molar-refractivity contribution in [3.05, 3.63) is 51.7 Å². The molecule has 2 heterocycles. The number of rotatable bonds is 4. The molecule has 0 radical (unpaired) electrons. The summed E-state index contributed by atoms with van der Waals surface area (Å²) in [5, 5.41) is 3.66. The number of hydrogen-bond donors (Lipinski definition) is 1. The fraction of sp³-hybridized carbons (Fsp3) is 0.353. The van der Waals surface area contributed by atoms with Crippen LogP contribution >= 0.6 is 0 Å². The van der Waals surface area contributed by atoms with Crippen molar-refractivity contribution in [3.8, 4) is 5.75 Å². The fourth-order valence-electron chi connectivity index (χ4n) is 2.90. The molecule has 6 nitrogen and oxygen atoms in total. The first-order valence-corrected chi connectivity index (χ1v) is 8.24. The highest BCUT2D eigenvalue weighted by Gasteiger charge is 2.33. The Bertz CT molecular complexity index is 1080. The molecule has 2 aromatic heterocycles. The van der Waals surface area contributed by atoms with Gasteiger partial charge in [-0.05, 0) is 31.5 Å². The summed E-state index contributed by atoms with van der Waals surface area (Å²) in [7, 11) is 0. The lowest BCUT2D eigenvalue weighted by Crippen LogP contribution is -2.17. The number of H-pyrrole nitrogens is 1. The van der Waals surface area contributed by atoms with Crippen LogP contribution in [0.4, 0.5) is 26.3 Å². The molecule has 0 unspecified atom stereocenters. The van der Waals surface area contributed by atoms with Gasteiger partial charge in [0.05, 0.1) is 18.2 Å². The largest absolute Gasteiger partial charge is 0.573 e. The van der Waals surface area contributed by atoms with Crippen LogP contribution in [0.25, 0.3) is 11.0 Å². The Morgan fingerprint density at radius 2 is 1.76 bits per heavy atom. The maximum absolute atomic E-state index is 12.9. The van der Waals surface area contributed by atoms with E-state index in [2.05, 4.69) is 19.8 Å². The number of aryl methyl sites for hydroxylation is 1. The van der Waals surface area contributed by atoms with Crippen LogP contribution in [-0.4, -0.2) is 32.3 Å². The minimum absolute atomic E-state index is 0.0476. The van der Waals surface area contributed by atoms with E-state index in [1.807, 2.05) is 0 Å². The Labute approximate surface area is 159 Å². The molecule has 1 atom stereocenters. The van der Waals surface area contributed by atoms with Crippen molar-refractivity contribution in [2.75, 3.05) is 0 Å². The third kappa shape index (κ3) is 4.69. The minimum atomic E-state index is -4.85. The Hall–Kier alpha value is -3.05. The monoisotopic (exact) mass is 420 g/mol. The van der Waals surface area contributed by atoms with Gasteiger partial charge in [0.25, 0.3) is 5.56 Å². The number of benzene rings is 1. The maximum Gasteiger partial charge on any atom is 0.573 e. The van der Waals surface area contributed by atoms with Gasteiger partial charge in [0.15, 0.2) is 5.65 Å². The molecule has 0 aliphatic rings. The molecule has 3 rings (SSSR count). The second-order valence-corrected chi connectivity index (χ2v) is 6.33. The van der Waals surface area contributed by atoms with Crippen molar-refractivity contribution in [2.24, 2.45) is 0 Å². The van der Waals surface area contributed by atoms with Gasteiger partial charge in [-0.25, -0.2) is 9.67 Å². The molecule has 0 aliphatic carbocycles. The standard InChI is InChI=1S/C17H14F6N4O2/c1-8(10-3-5-11(6-4-10)29-17(21,22)23)27-14-13(15(28)25-9(2)24-14)12(26-27)7-16(18,19)20/h3-6,8H,7H2,1-2H3,(H,24,25,28)/t8-/m0/s1. The van der Waals surface area contributed by atoms with E-state index in [1.54, 1.807) is 6.92 Å². The zero-order valence-electron chi connectivity index (χ0n) is 15.0. The van der Waals surface area contributed by atoms with Gasteiger partial charge in [0.1, 0.15) is 17.0 Å². The van der Waals surface area contributed by atoms with Crippen molar-refractivity contribution < 1.29 is 31.1 Å². The van der Waals surface area contributed by atoms with Gasteiger partial charge in [-0.1, -0.05) is 12.1 Å². The van der Waals surface area contributed by atoms with E-state index in [4.69, 9.17) is 0 Å². The van der Waals surface area contributed by atoms with Crippen molar-refractivity contribution in [2.45, 2.75) is 38.8 Å². The van der Waals surface area contributed by atoms with E-state index in [9.17, 15) is 31.1 Å². The Balaban J connectivity index is 2.05. The van der Waals surface area contributed by atoms with E-state index in [0.717, 1.165) is 16.8 Å². The number of aromatic nitrogens is 4. The summed E-state index contributed by atoms with van der Waals surface area (Å²) in [5.74, 6) is -0.259. The zero-order valence-corrected chi connectivity index (χ0v) is 15.0. The highest BCUT2D eigenvalue weighted by molar-refractivity contribution is 5.77. The van der Waals surface area contributed by atoms with Crippen molar-refractivity contribution in [3.63, 3.8) is 0 Å². The number of hydrogen-bond acceptors (Lipinski definition) is 4. The second kappa shape index (κ2) is 7.08. The molecule has 3 aromatic rings. The lowest BCUT2D eigenvalue weighted by atomic mass is 10.1. The molecule has 29 heavy (non-hydrogen) atoms. The first-order chi connectivity index (χ1) is 13.3. The summed E-state index contributed by atoms with van der Waals surface area (Å²) in [5.41, 5.74) is -0.847. The van der Waals surface area contributed by atoms with Crippen LogP contribution in [0.5, 0.6) is 5.75 Å². The van der Waals surface area contributed by atoms with Gasteiger partial charge in [-0.2, -0.15) is 18.3 Å². The predicted molar refractivity (Wildman–Crippen MR) is 89.6 cm³/mol. The van der Waals surface area contributed by atoms with E-state index < -0.39 is 42.0 Å². The first-order valence-electron chi connectivity index (χ1n) is 8.24. The molecule has 0 aliphatic heterocycles. The molecule has 0 amide bonds. The van der Waals surface area contributed by atoms with Crippen LogP contribution in [0.2, 0.25) is 0 Å². The summed E-state index contributed by atoms with van der Waals surface area (Å²) in [6.45, 7) is 3.04. The third-order valence-electron chi connectivity index (χ3n) is 4.08. The van der Waals surface area contributed by atoms with E-state index >= 15 is 0 Å². The lowest BCUT2D eigenvalue weighted by Gasteiger charge is -2.15. The van der Waals surface area contributed by atoms with Gasteiger partial charge in [-0.15, -0.1) is 13.2 Å². The first kappa shape index (κ1) is 20.7. The van der Waals surface area contributed by atoms with Crippen LogP contribution in [0.1, 0.15) is 30.0 Å². The zero-order chi connectivity index (χ0) is 21.6. The predicted octanol–water partition coefficient (Wildman–Crippen LogP) is 4.04. The van der Waals surface area contributed by atoms with Crippen molar-refractivity contribution in [1.29, 1.82) is 0 Å². The Morgan fingerprint density at radius 1 is 1.14 bits per heavy atom. The summed E-state index contributed by atoms with van der Waals surface area (Å²) in [6, 6.07) is 4.08. The average Bonchev–Trinajstić information content (AvgIpc) is 2.90. The topological polar surface area (TPSA) is 72.8 Å². The average molecular weight is 420 g/mol. The molecule has 0 fully saturated rings. The van der Waals surface area contributed by atoms with Crippen LogP contribution in [-0.2, 0) is 6.42 Å². The van der Waals surface area contributed by atoms with Crippen LogP contribution in [0, 0.1) is 6.92 Å². The summed E-state index contributed by atoms with van der Waals surface area (Å²) < 4.78 is 80.5. The Morgan fingerprint density at radius 3 is 2.31 bits per heavy atom. The fourth-order valence-corrected chi connectivity index (χ4v) is 2.90. The Kier molecular flexibility index (Phi) is 5.05. The molecular formula is C17H14F6N4O2. The molecular weight excluding hydrogens is 406 g/mol. The molecule has 0 spiro atoms. The molecule has 156 valence electrons. The maximum atomic E-state index is 12.9. The third-order valence-corrected chi connectivity index (χ3v) is 4.08. The normalized spacial score (nSPS) is 13.7. The number of ether oxygens (including phenoxy) is 1. The summed E-state index contributed by atoms with van der Waals surface area (Å²) in [4.78, 5) is 18.7. The number of aromatic amines is 1. The van der Waals surface area contributed by atoms with Gasteiger partial charge < -0.3 is 9.72 Å². The van der Waals surface area contributed by atoms with Gasteiger partial charge in [0, 0.05) is 0 Å². The van der Waals surface area contributed by atoms with Gasteiger partial charge in [-0.3, -0.25) is 4.79 Å². The quantitative estimate of drug-likeness (QED) is 0.647. The van der Waals surface area contributed by atoms with Gasteiger partial charge in [0.2, 0.25) is 0 Å². The summed E-state index contributed by atoms with van der Waals surface area (Å²) >= 11 is 0. The molecule has 1 N–H and O–H groups in total. The SMILES string of the molecule is Cc1nc2c(c(CC(F)(F)F)nn2[C@@H](C)c2ccc(OC(F)(F)F)cc2)c(=O)[nH]1. The van der Waals surface area contributed by atoms with Crippen LogP contribution < -0.4 is 10.3 Å². The number of alkyl halides is 6. The number of nitrogens with zero attached hydrogens (tertiary/aromatic N) is 3. The lowest BCUT2D eigenvalue weighted by molar-refractivity contribution is -0.274. The summed E-state index contributed by atoms with van der Waals surface area (Å²) in [6.07, 6.45) is -10.9. The number of nitrogens with one attached hydrogen (secondary N) is 1. The highest BCUT2D eigenvalue weighted by Crippen LogP contribution is 2.29. The molecule has 1 aromatic carbocycles. The van der Waals surface area contributed by atoms with E-state index in [-0.39, 0.29) is 16.9 Å². The van der Waals surface area contributed by atoms with Crippen molar-refractivity contribution in [1.82, 2.24) is 19.7 Å². The smallest absolute Gasteiger partial charge is 0.406 e. The number of halogens is 6. The van der Waals surface area contributed by atoms with E-state index in [0.29, 0.717) is 5.56 Å². The molecule has 0 saturated carbocycles. The van der Waals surface area contributed by atoms with E-state index in [1.165, 1.54) is 19.1 Å². The van der Waals surface area contributed by atoms with Crippen molar-refractivity contribution >= 4 is 11.0 Å². The molecule has 12 heteroatoms. The number of fused-ring (bicyclic) bond motifs is 1. The van der Waals surface area contributed by atoms with Crippen LogP contribution in [0.3, 0.4) is 0 Å². The van der Waals surface area contributed by atoms with Gasteiger partial charge >= 0.3 is 12.5 Å². The highest BCUT2D eigenvalue weighted by atomic mass is 19.4. The molecule has 0 saturated heterocycles. The second-order valence-electron chi connectivity index (χ2n) is 6.33. The van der Waals surface area contributed by atoms with Crippen LogP contribution in [0.15, 0.2) is 29.1 Å². The molecule has 0 bridgehead atoms.